The van der Waals surface area contributed by atoms with E-state index in [-0.39, 0.29) is 30.6 Å². The van der Waals surface area contributed by atoms with Crippen LogP contribution >= 0.6 is 0 Å². The van der Waals surface area contributed by atoms with Gasteiger partial charge in [0.05, 0.1) is 24.2 Å². The largest absolute Gasteiger partial charge is 0.374 e. The van der Waals surface area contributed by atoms with Crippen molar-refractivity contribution in [1.82, 2.24) is 5.32 Å². The molecule has 18 heavy (non-hydrogen) atoms. The van der Waals surface area contributed by atoms with Crippen LogP contribution in [0.2, 0.25) is 0 Å². The van der Waals surface area contributed by atoms with E-state index in [1.807, 2.05) is 0 Å². The van der Waals surface area contributed by atoms with Crippen molar-refractivity contribution in [1.29, 1.82) is 0 Å². The molecule has 2 aliphatic heterocycles. The van der Waals surface area contributed by atoms with Crippen LogP contribution in [0.25, 0.3) is 0 Å². The van der Waals surface area contributed by atoms with Gasteiger partial charge in [-0.25, -0.2) is 8.42 Å². The molecule has 7 heteroatoms. The molecule has 2 saturated heterocycles. The molecular weight excluding hydrogens is 258 g/mol. The van der Waals surface area contributed by atoms with Gasteiger partial charge in [0, 0.05) is 13.2 Å². The van der Waals surface area contributed by atoms with Crippen LogP contribution < -0.4 is 5.32 Å². The monoisotopic (exact) mass is 277 g/mol. The van der Waals surface area contributed by atoms with Crippen molar-refractivity contribution in [2.75, 3.05) is 31.3 Å². The third-order valence-electron chi connectivity index (χ3n) is 3.38. The number of carbonyl (C=O) groups is 1. The van der Waals surface area contributed by atoms with Crippen LogP contribution in [-0.2, 0) is 24.1 Å². The number of nitrogens with one attached hydrogen (secondary N) is 1. The van der Waals surface area contributed by atoms with Gasteiger partial charge in [-0.3, -0.25) is 4.79 Å². The second-order valence-electron chi connectivity index (χ2n) is 5.00. The minimum absolute atomic E-state index is 0.0230. The average Bonchev–Trinajstić information content (AvgIpc) is 2.73. The average molecular weight is 277 g/mol. The Hall–Kier alpha value is -0.660. The van der Waals surface area contributed by atoms with E-state index in [0.29, 0.717) is 13.0 Å². The minimum Gasteiger partial charge on any atom is -0.374 e. The predicted molar refractivity (Wildman–Crippen MR) is 65.0 cm³/mol. The fraction of sp³-hybridized carbons (Fsp3) is 0.909. The standard InChI is InChI=1S/C11H19NO5S/c1-11(3-2-4-17-11)10(13)12-7-9-8-18(14,15)6-5-16-9/h9H,2-8H2,1H3,(H,12,13). The van der Waals surface area contributed by atoms with E-state index in [1.165, 1.54) is 0 Å². The lowest BCUT2D eigenvalue weighted by Gasteiger charge is -2.26. The topological polar surface area (TPSA) is 81.7 Å². The van der Waals surface area contributed by atoms with Crippen molar-refractivity contribution >= 4 is 15.7 Å². The summed E-state index contributed by atoms with van der Waals surface area (Å²) in [7, 11) is -3.02. The third-order valence-corrected chi connectivity index (χ3v) is 5.05. The molecule has 0 aromatic rings. The van der Waals surface area contributed by atoms with E-state index in [9.17, 15) is 13.2 Å². The molecule has 2 rings (SSSR count). The van der Waals surface area contributed by atoms with E-state index in [0.717, 1.165) is 6.42 Å². The predicted octanol–water partition coefficient (Wildman–Crippen LogP) is -0.515. The molecule has 6 nitrogen and oxygen atoms in total. The van der Waals surface area contributed by atoms with Crippen molar-refractivity contribution in [3.8, 4) is 0 Å². The van der Waals surface area contributed by atoms with Crippen LogP contribution in [0.5, 0.6) is 0 Å². The highest BCUT2D eigenvalue weighted by atomic mass is 32.2. The second-order valence-corrected chi connectivity index (χ2v) is 7.23. The summed E-state index contributed by atoms with van der Waals surface area (Å²) in [6, 6.07) is 0. The van der Waals surface area contributed by atoms with Gasteiger partial charge in [0.15, 0.2) is 9.84 Å². The lowest BCUT2D eigenvalue weighted by Crippen LogP contribution is -2.49. The van der Waals surface area contributed by atoms with Gasteiger partial charge < -0.3 is 14.8 Å². The van der Waals surface area contributed by atoms with E-state index in [1.54, 1.807) is 6.92 Å². The first-order valence-corrected chi connectivity index (χ1v) is 7.98. The van der Waals surface area contributed by atoms with E-state index in [2.05, 4.69) is 5.32 Å². The maximum atomic E-state index is 11.9. The van der Waals surface area contributed by atoms with Crippen LogP contribution in [0.3, 0.4) is 0 Å². The van der Waals surface area contributed by atoms with Gasteiger partial charge in [0.2, 0.25) is 0 Å². The molecule has 1 N–H and O–H groups in total. The number of amides is 1. The number of rotatable bonds is 3. The van der Waals surface area contributed by atoms with Crippen LogP contribution in [0.4, 0.5) is 0 Å². The molecule has 104 valence electrons. The summed E-state index contributed by atoms with van der Waals surface area (Å²) in [6.07, 6.45) is 1.12. The molecule has 0 aromatic carbocycles. The number of sulfone groups is 1. The van der Waals surface area contributed by atoms with Gasteiger partial charge in [-0.15, -0.1) is 0 Å². The first-order valence-electron chi connectivity index (χ1n) is 6.16. The molecule has 0 aromatic heterocycles. The zero-order valence-corrected chi connectivity index (χ0v) is 11.3. The highest BCUT2D eigenvalue weighted by Crippen LogP contribution is 2.24. The first-order chi connectivity index (χ1) is 8.41. The summed E-state index contributed by atoms with van der Waals surface area (Å²) in [4.78, 5) is 11.9. The number of ether oxygens (including phenoxy) is 2. The molecule has 0 radical (unpaired) electrons. The lowest BCUT2D eigenvalue weighted by atomic mass is 10.0. The van der Waals surface area contributed by atoms with Gasteiger partial charge in [-0.05, 0) is 19.8 Å². The second kappa shape index (κ2) is 5.14. The van der Waals surface area contributed by atoms with Gasteiger partial charge in [0.25, 0.3) is 5.91 Å². The quantitative estimate of drug-likeness (QED) is 0.751. The van der Waals surface area contributed by atoms with E-state index in [4.69, 9.17) is 9.47 Å². The van der Waals surface area contributed by atoms with Crippen molar-refractivity contribution in [2.24, 2.45) is 0 Å². The summed E-state index contributed by atoms with van der Waals surface area (Å²) >= 11 is 0. The lowest BCUT2D eigenvalue weighted by molar-refractivity contribution is -0.140. The number of hydrogen-bond acceptors (Lipinski definition) is 5. The fourth-order valence-electron chi connectivity index (χ4n) is 2.23. The highest BCUT2D eigenvalue weighted by molar-refractivity contribution is 7.91. The van der Waals surface area contributed by atoms with Crippen LogP contribution in [0.1, 0.15) is 19.8 Å². The summed E-state index contributed by atoms with van der Waals surface area (Å²) < 4.78 is 33.6. The molecule has 0 bridgehead atoms. The highest BCUT2D eigenvalue weighted by Gasteiger charge is 2.38. The normalized spacial score (nSPS) is 35.3. The van der Waals surface area contributed by atoms with E-state index >= 15 is 0 Å². The molecule has 2 fully saturated rings. The summed E-state index contributed by atoms with van der Waals surface area (Å²) in [5.41, 5.74) is -0.770. The van der Waals surface area contributed by atoms with Gasteiger partial charge in [0.1, 0.15) is 5.60 Å². The Morgan fingerprint density at radius 3 is 2.83 bits per heavy atom. The molecule has 0 saturated carbocycles. The summed E-state index contributed by atoms with van der Waals surface area (Å²) in [5, 5.41) is 2.72. The van der Waals surface area contributed by atoms with Crippen LogP contribution in [0.15, 0.2) is 0 Å². The van der Waals surface area contributed by atoms with Gasteiger partial charge in [-0.1, -0.05) is 0 Å². The fourth-order valence-corrected chi connectivity index (χ4v) is 3.52. The van der Waals surface area contributed by atoms with Crippen LogP contribution in [-0.4, -0.2) is 57.3 Å². The zero-order chi connectivity index (χ0) is 13.2. The number of carbonyl (C=O) groups excluding carboxylic acids is 1. The smallest absolute Gasteiger partial charge is 0.252 e. The molecule has 1 amide bonds. The van der Waals surface area contributed by atoms with Gasteiger partial charge in [-0.2, -0.15) is 0 Å². The van der Waals surface area contributed by atoms with Crippen molar-refractivity contribution in [3.63, 3.8) is 0 Å². The Morgan fingerprint density at radius 2 is 2.22 bits per heavy atom. The van der Waals surface area contributed by atoms with Crippen molar-refractivity contribution in [2.45, 2.75) is 31.5 Å². The van der Waals surface area contributed by atoms with Crippen molar-refractivity contribution < 1.29 is 22.7 Å². The van der Waals surface area contributed by atoms with E-state index < -0.39 is 21.5 Å². The molecule has 2 heterocycles. The Labute approximate surface area is 107 Å². The zero-order valence-electron chi connectivity index (χ0n) is 10.5. The maximum Gasteiger partial charge on any atom is 0.252 e. The van der Waals surface area contributed by atoms with Crippen molar-refractivity contribution in [3.05, 3.63) is 0 Å². The SMILES string of the molecule is CC1(C(=O)NCC2CS(=O)(=O)CCO2)CCCO1. The third kappa shape index (κ3) is 3.21. The Bertz CT molecular complexity index is 413. The van der Waals surface area contributed by atoms with Crippen LogP contribution in [0, 0.1) is 0 Å². The maximum absolute atomic E-state index is 11.9. The summed E-state index contributed by atoms with van der Waals surface area (Å²) in [5.74, 6) is -0.144. The molecule has 2 unspecified atom stereocenters. The molecule has 0 aliphatic carbocycles. The Kier molecular flexibility index (Phi) is 3.93. The minimum atomic E-state index is -3.02. The molecule has 0 spiro atoms. The summed E-state index contributed by atoms with van der Waals surface area (Å²) in [6.45, 7) is 2.78. The number of hydrogen-bond donors (Lipinski definition) is 1. The molecular formula is C11H19NO5S. The van der Waals surface area contributed by atoms with Gasteiger partial charge >= 0.3 is 0 Å². The molecule has 2 atom stereocenters. The first kappa shape index (κ1) is 13.8. The Morgan fingerprint density at radius 1 is 1.44 bits per heavy atom. The Balaban J connectivity index is 1.82. The molecule has 2 aliphatic rings.